The van der Waals surface area contributed by atoms with E-state index in [0.29, 0.717) is 24.4 Å². The molecule has 3 heterocycles. The minimum Gasteiger partial charge on any atom is -0.349 e. The fraction of sp³-hybridized carbons (Fsp3) is 0.421. The molecule has 2 aliphatic rings. The van der Waals surface area contributed by atoms with Crippen LogP contribution in [0, 0.1) is 0 Å². The van der Waals surface area contributed by atoms with Crippen molar-refractivity contribution in [2.45, 2.75) is 50.7 Å². The third-order valence-corrected chi connectivity index (χ3v) is 7.46. The second-order valence-corrected chi connectivity index (χ2v) is 9.04. The van der Waals surface area contributed by atoms with Crippen LogP contribution >= 0.6 is 0 Å². The maximum Gasteiger partial charge on any atom is 0.243 e. The van der Waals surface area contributed by atoms with Crippen molar-refractivity contribution in [1.82, 2.24) is 8.87 Å². The zero-order valence-electron chi connectivity index (χ0n) is 15.2. The van der Waals surface area contributed by atoms with E-state index in [4.69, 9.17) is 0 Å². The highest BCUT2D eigenvalue weighted by molar-refractivity contribution is 7.89. The van der Waals surface area contributed by atoms with Gasteiger partial charge in [-0.1, -0.05) is 0 Å². The monoisotopic (exact) mass is 373 g/mol. The predicted molar refractivity (Wildman–Crippen MR) is 99.5 cm³/mol. The number of hydrogen-bond acceptors (Lipinski definition) is 3. The zero-order valence-corrected chi connectivity index (χ0v) is 16.0. The average Bonchev–Trinajstić information content (AvgIpc) is 3.17. The van der Waals surface area contributed by atoms with E-state index in [1.54, 1.807) is 34.3 Å². The summed E-state index contributed by atoms with van der Waals surface area (Å²) in [6.07, 6.45) is 2.67. The van der Waals surface area contributed by atoms with Crippen LogP contribution in [-0.4, -0.2) is 35.8 Å². The molecule has 2 aliphatic heterocycles. The molecule has 7 heteroatoms. The van der Waals surface area contributed by atoms with Crippen LogP contribution in [0.4, 0.5) is 5.69 Å². The van der Waals surface area contributed by atoms with Crippen LogP contribution in [0.25, 0.3) is 0 Å². The van der Waals surface area contributed by atoms with Crippen molar-refractivity contribution < 1.29 is 13.2 Å². The van der Waals surface area contributed by atoms with Crippen molar-refractivity contribution in [2.75, 3.05) is 11.4 Å². The Balaban J connectivity index is 1.70. The van der Waals surface area contributed by atoms with Gasteiger partial charge in [0, 0.05) is 43.6 Å². The summed E-state index contributed by atoms with van der Waals surface area (Å²) in [6.45, 7) is 6.57. The van der Waals surface area contributed by atoms with Gasteiger partial charge in [-0.25, -0.2) is 8.42 Å². The van der Waals surface area contributed by atoms with E-state index in [1.807, 2.05) is 32.2 Å². The highest BCUT2D eigenvalue weighted by Gasteiger charge is 2.36. The molecule has 2 atom stereocenters. The standard InChI is InChI=1S/C19H23N3O3S/c1-13-11-16-12-17(6-7-19(16)22(13)15(3)23)26(24,25)21-10-9-20-8-4-5-18(20)14(21)2/h4-8,12-14H,9-11H2,1-3H3. The highest BCUT2D eigenvalue weighted by Crippen LogP contribution is 2.36. The lowest BCUT2D eigenvalue weighted by Gasteiger charge is -2.34. The van der Waals surface area contributed by atoms with E-state index in [2.05, 4.69) is 4.57 Å². The molecule has 2 aromatic rings. The highest BCUT2D eigenvalue weighted by atomic mass is 32.2. The van der Waals surface area contributed by atoms with Crippen LogP contribution in [0.5, 0.6) is 0 Å². The number of nitrogens with zero attached hydrogens (tertiary/aromatic N) is 3. The lowest BCUT2D eigenvalue weighted by atomic mass is 10.1. The number of anilines is 1. The maximum absolute atomic E-state index is 13.3. The number of hydrogen-bond donors (Lipinski definition) is 0. The Morgan fingerprint density at radius 1 is 1.15 bits per heavy atom. The van der Waals surface area contributed by atoms with Crippen molar-refractivity contribution in [3.63, 3.8) is 0 Å². The first-order valence-corrected chi connectivity index (χ1v) is 10.3. The van der Waals surface area contributed by atoms with Crippen molar-refractivity contribution in [2.24, 2.45) is 0 Å². The van der Waals surface area contributed by atoms with Gasteiger partial charge in [0.05, 0.1) is 10.9 Å². The normalized spacial score (nSPS) is 23.0. The van der Waals surface area contributed by atoms with Gasteiger partial charge in [-0.2, -0.15) is 4.31 Å². The summed E-state index contributed by atoms with van der Waals surface area (Å²) in [6, 6.07) is 8.91. The van der Waals surface area contributed by atoms with Crippen molar-refractivity contribution in [1.29, 1.82) is 0 Å². The molecule has 0 N–H and O–H groups in total. The van der Waals surface area contributed by atoms with Crippen LogP contribution in [0.15, 0.2) is 41.4 Å². The Kier molecular flexibility index (Phi) is 3.96. The molecule has 26 heavy (non-hydrogen) atoms. The fourth-order valence-corrected chi connectivity index (χ4v) is 5.92. The zero-order chi connectivity index (χ0) is 18.6. The van der Waals surface area contributed by atoms with Gasteiger partial charge >= 0.3 is 0 Å². The predicted octanol–water partition coefficient (Wildman–Crippen LogP) is 2.55. The first-order chi connectivity index (χ1) is 12.3. The van der Waals surface area contributed by atoms with Gasteiger partial charge in [0.15, 0.2) is 0 Å². The lowest BCUT2D eigenvalue weighted by Crippen LogP contribution is -2.40. The summed E-state index contributed by atoms with van der Waals surface area (Å²) in [4.78, 5) is 13.9. The summed E-state index contributed by atoms with van der Waals surface area (Å²) >= 11 is 0. The summed E-state index contributed by atoms with van der Waals surface area (Å²) in [5.41, 5.74) is 2.75. The minimum atomic E-state index is -3.59. The Morgan fingerprint density at radius 2 is 1.92 bits per heavy atom. The van der Waals surface area contributed by atoms with Crippen LogP contribution < -0.4 is 4.90 Å². The number of aromatic nitrogens is 1. The largest absolute Gasteiger partial charge is 0.349 e. The van der Waals surface area contributed by atoms with Crippen molar-refractivity contribution >= 4 is 21.6 Å². The molecule has 0 saturated heterocycles. The van der Waals surface area contributed by atoms with Crippen LogP contribution in [0.3, 0.4) is 0 Å². The summed E-state index contributed by atoms with van der Waals surface area (Å²) in [7, 11) is -3.59. The van der Waals surface area contributed by atoms with Crippen LogP contribution in [-0.2, 0) is 27.8 Å². The number of carbonyl (C=O) groups excluding carboxylic acids is 1. The second-order valence-electron chi connectivity index (χ2n) is 7.15. The molecule has 0 saturated carbocycles. The number of fused-ring (bicyclic) bond motifs is 2. The van der Waals surface area contributed by atoms with Gasteiger partial charge in [0.1, 0.15) is 0 Å². The molecular formula is C19H23N3O3S. The van der Waals surface area contributed by atoms with Crippen molar-refractivity contribution in [3.8, 4) is 0 Å². The third-order valence-electron chi connectivity index (χ3n) is 5.50. The molecule has 1 amide bonds. The summed E-state index contributed by atoms with van der Waals surface area (Å²) in [5.74, 6) is -0.0164. The Labute approximate surface area is 154 Å². The summed E-state index contributed by atoms with van der Waals surface area (Å²) < 4.78 is 30.2. The fourth-order valence-electron chi connectivity index (χ4n) is 4.27. The number of sulfonamides is 1. The van der Waals surface area contributed by atoms with Crippen LogP contribution in [0.2, 0.25) is 0 Å². The van der Waals surface area contributed by atoms with Crippen molar-refractivity contribution in [3.05, 3.63) is 47.8 Å². The Bertz CT molecular complexity index is 980. The Hall–Kier alpha value is -2.12. The van der Waals surface area contributed by atoms with E-state index in [9.17, 15) is 13.2 Å². The molecular weight excluding hydrogens is 350 g/mol. The lowest BCUT2D eigenvalue weighted by molar-refractivity contribution is -0.116. The van der Waals surface area contributed by atoms with Gasteiger partial charge in [-0.05, 0) is 56.2 Å². The van der Waals surface area contributed by atoms with Crippen LogP contribution in [0.1, 0.15) is 38.1 Å². The molecule has 2 unspecified atom stereocenters. The molecule has 1 aromatic heterocycles. The molecule has 0 fully saturated rings. The maximum atomic E-state index is 13.3. The van der Waals surface area contributed by atoms with Gasteiger partial charge in [-0.3, -0.25) is 4.79 Å². The number of amides is 1. The first-order valence-electron chi connectivity index (χ1n) is 8.90. The van der Waals surface area contributed by atoms with E-state index in [1.165, 1.54) is 0 Å². The molecule has 0 bridgehead atoms. The van der Waals surface area contributed by atoms with E-state index in [-0.39, 0.29) is 18.0 Å². The average molecular weight is 373 g/mol. The Morgan fingerprint density at radius 3 is 2.65 bits per heavy atom. The number of benzene rings is 1. The van der Waals surface area contributed by atoms with E-state index in [0.717, 1.165) is 16.9 Å². The van der Waals surface area contributed by atoms with E-state index < -0.39 is 10.0 Å². The molecule has 6 nitrogen and oxygen atoms in total. The molecule has 1 aromatic carbocycles. The molecule has 138 valence electrons. The smallest absolute Gasteiger partial charge is 0.243 e. The second kappa shape index (κ2) is 5.96. The van der Waals surface area contributed by atoms with Gasteiger partial charge in [-0.15, -0.1) is 0 Å². The van der Waals surface area contributed by atoms with E-state index >= 15 is 0 Å². The molecule has 4 rings (SSSR count). The third kappa shape index (κ3) is 2.49. The topological polar surface area (TPSA) is 62.6 Å². The van der Waals surface area contributed by atoms with Gasteiger partial charge in [0.2, 0.25) is 15.9 Å². The molecule has 0 radical (unpaired) electrons. The quantitative estimate of drug-likeness (QED) is 0.813. The molecule has 0 aliphatic carbocycles. The van der Waals surface area contributed by atoms with Gasteiger partial charge in [0.25, 0.3) is 0 Å². The molecule has 0 spiro atoms. The summed E-state index contributed by atoms with van der Waals surface area (Å²) in [5, 5.41) is 0. The SMILES string of the molecule is CC(=O)N1c2ccc(S(=O)(=O)N3CCn4cccc4C3C)cc2CC1C. The first kappa shape index (κ1) is 17.3. The van der Waals surface area contributed by atoms with Gasteiger partial charge < -0.3 is 9.47 Å². The number of rotatable bonds is 2. The number of carbonyl (C=O) groups is 1. The minimum absolute atomic E-state index is 0.0164.